The summed E-state index contributed by atoms with van der Waals surface area (Å²) in [5, 5.41) is 6.76. The van der Waals surface area contributed by atoms with Gasteiger partial charge in [0, 0.05) is 30.1 Å². The first-order valence-electron chi connectivity index (χ1n) is 11.8. The van der Waals surface area contributed by atoms with Crippen LogP contribution in [0.5, 0.6) is 0 Å². The Labute approximate surface area is 195 Å². The van der Waals surface area contributed by atoms with Crippen molar-refractivity contribution in [3.63, 3.8) is 0 Å². The van der Waals surface area contributed by atoms with E-state index in [0.29, 0.717) is 12.1 Å². The van der Waals surface area contributed by atoms with Crippen molar-refractivity contribution in [3.8, 4) is 11.3 Å². The number of carbonyl (C=O) groups excluding carboxylic acids is 2. The van der Waals surface area contributed by atoms with Gasteiger partial charge in [0.1, 0.15) is 0 Å². The van der Waals surface area contributed by atoms with E-state index in [1.54, 1.807) is 0 Å². The van der Waals surface area contributed by atoms with Crippen LogP contribution in [0.2, 0.25) is 0 Å². The number of hydrogen-bond donors (Lipinski definition) is 2. The largest absolute Gasteiger partial charge is 0.352 e. The normalized spacial score (nSPS) is 14.2. The Bertz CT molecular complexity index is 1130. The fourth-order valence-corrected chi connectivity index (χ4v) is 4.39. The second kappa shape index (κ2) is 10.6. The average Bonchev–Trinajstić information content (AvgIpc) is 2.82. The molecule has 0 radical (unpaired) electrons. The predicted molar refractivity (Wildman–Crippen MR) is 133 cm³/mol. The van der Waals surface area contributed by atoms with Crippen molar-refractivity contribution in [3.05, 3.63) is 59.7 Å². The summed E-state index contributed by atoms with van der Waals surface area (Å²) in [7, 11) is 0. The molecule has 1 aliphatic heterocycles. The third-order valence-corrected chi connectivity index (χ3v) is 6.10. The molecule has 0 spiro atoms. The fourth-order valence-electron chi connectivity index (χ4n) is 4.39. The lowest BCUT2D eigenvalue weighted by Crippen LogP contribution is -2.33. The van der Waals surface area contributed by atoms with Crippen molar-refractivity contribution in [1.29, 1.82) is 0 Å². The summed E-state index contributed by atoms with van der Waals surface area (Å²) in [5.74, 6) is -0.177. The Kier molecular flexibility index (Phi) is 7.35. The van der Waals surface area contributed by atoms with Crippen molar-refractivity contribution < 1.29 is 9.59 Å². The van der Waals surface area contributed by atoms with Gasteiger partial charge in [-0.3, -0.25) is 9.59 Å². The van der Waals surface area contributed by atoms with Crippen LogP contribution >= 0.6 is 0 Å². The van der Waals surface area contributed by atoms with Gasteiger partial charge in [-0.2, -0.15) is 0 Å². The fraction of sp³-hybridized carbons (Fsp3) is 0.370. The molecule has 4 rings (SSSR count). The minimum absolute atomic E-state index is 0.0669. The van der Waals surface area contributed by atoms with E-state index in [2.05, 4.69) is 15.5 Å². The Balaban J connectivity index is 1.53. The maximum absolute atomic E-state index is 13.2. The van der Waals surface area contributed by atoms with Crippen molar-refractivity contribution >= 4 is 28.4 Å². The second-order valence-electron chi connectivity index (χ2n) is 8.85. The number of nitrogens with zero attached hydrogens (tertiary/aromatic N) is 2. The van der Waals surface area contributed by atoms with Gasteiger partial charge in [-0.1, -0.05) is 30.2 Å². The number of anilines is 1. The number of rotatable bonds is 7. The van der Waals surface area contributed by atoms with E-state index in [1.807, 2.05) is 55.5 Å². The molecule has 2 aromatic carbocycles. The second-order valence-corrected chi connectivity index (χ2v) is 8.85. The minimum atomic E-state index is -0.110. The maximum Gasteiger partial charge on any atom is 0.252 e. The van der Waals surface area contributed by atoms with Gasteiger partial charge in [-0.05, 0) is 76.2 Å². The molecule has 0 atom stereocenters. The number of carbonyl (C=O) groups is 2. The van der Waals surface area contributed by atoms with Crippen molar-refractivity contribution in [2.24, 2.45) is 0 Å². The molecule has 1 aliphatic rings. The van der Waals surface area contributed by atoms with Crippen LogP contribution in [-0.4, -0.2) is 47.9 Å². The lowest BCUT2D eigenvalue weighted by molar-refractivity contribution is -0.114. The minimum Gasteiger partial charge on any atom is -0.352 e. The molecule has 0 aliphatic carbocycles. The van der Waals surface area contributed by atoms with Crippen LogP contribution in [0.1, 0.15) is 48.5 Å². The molecular formula is C27H32N4O2. The van der Waals surface area contributed by atoms with E-state index in [-0.39, 0.29) is 11.8 Å². The van der Waals surface area contributed by atoms with Crippen LogP contribution < -0.4 is 10.6 Å². The highest BCUT2D eigenvalue weighted by atomic mass is 16.2. The monoisotopic (exact) mass is 444 g/mol. The molecule has 33 heavy (non-hydrogen) atoms. The molecule has 1 saturated heterocycles. The first-order chi connectivity index (χ1) is 16.0. The number of likely N-dealkylation sites (tertiary alicyclic amines) is 1. The zero-order valence-corrected chi connectivity index (χ0v) is 19.5. The van der Waals surface area contributed by atoms with Crippen LogP contribution in [0.15, 0.2) is 48.5 Å². The smallest absolute Gasteiger partial charge is 0.252 e. The Morgan fingerprint density at radius 2 is 1.76 bits per heavy atom. The standard InChI is InChI=1S/C27H32N4O2/c1-19-7-12-25-23(17-19)24(27(33)28-13-6-16-31-14-4-3-5-15-31)18-26(30-25)21-8-10-22(11-9-21)29-20(2)32/h7-12,17-18H,3-6,13-16H2,1-2H3,(H,28,33)(H,29,32). The molecule has 0 unspecified atom stereocenters. The van der Waals surface area contributed by atoms with Gasteiger partial charge in [0.25, 0.3) is 5.91 Å². The third kappa shape index (κ3) is 5.96. The highest BCUT2D eigenvalue weighted by molar-refractivity contribution is 6.07. The summed E-state index contributed by atoms with van der Waals surface area (Å²) in [6, 6.07) is 15.4. The predicted octanol–water partition coefficient (Wildman–Crippen LogP) is 4.77. The Hall–Kier alpha value is -3.25. The summed E-state index contributed by atoms with van der Waals surface area (Å²) in [6.07, 6.45) is 4.85. The zero-order chi connectivity index (χ0) is 23.2. The van der Waals surface area contributed by atoms with Crippen LogP contribution in [-0.2, 0) is 4.79 Å². The third-order valence-electron chi connectivity index (χ3n) is 6.10. The molecule has 0 saturated carbocycles. The Morgan fingerprint density at radius 3 is 2.48 bits per heavy atom. The van der Waals surface area contributed by atoms with E-state index in [0.717, 1.165) is 46.4 Å². The molecule has 2 amide bonds. The van der Waals surface area contributed by atoms with Gasteiger partial charge in [0.2, 0.25) is 5.91 Å². The molecule has 2 heterocycles. The van der Waals surface area contributed by atoms with Gasteiger partial charge >= 0.3 is 0 Å². The van der Waals surface area contributed by atoms with Gasteiger partial charge in [0.15, 0.2) is 0 Å². The number of piperidine rings is 1. The first-order valence-corrected chi connectivity index (χ1v) is 11.8. The number of nitrogens with one attached hydrogen (secondary N) is 2. The molecule has 2 N–H and O–H groups in total. The van der Waals surface area contributed by atoms with Gasteiger partial charge < -0.3 is 15.5 Å². The average molecular weight is 445 g/mol. The zero-order valence-electron chi connectivity index (χ0n) is 19.5. The quantitative estimate of drug-likeness (QED) is 0.515. The topological polar surface area (TPSA) is 74.3 Å². The molecule has 1 aromatic heterocycles. The summed E-state index contributed by atoms with van der Waals surface area (Å²) in [5.41, 5.74) is 4.89. The Morgan fingerprint density at radius 1 is 1.00 bits per heavy atom. The SMILES string of the molecule is CC(=O)Nc1ccc(-c2cc(C(=O)NCCCN3CCCCC3)c3cc(C)ccc3n2)cc1. The molecular weight excluding hydrogens is 412 g/mol. The lowest BCUT2D eigenvalue weighted by atomic mass is 10.0. The first kappa shape index (κ1) is 22.9. The van der Waals surface area contributed by atoms with Crippen LogP contribution in [0.25, 0.3) is 22.2 Å². The highest BCUT2D eigenvalue weighted by Gasteiger charge is 2.15. The number of hydrogen-bond acceptors (Lipinski definition) is 4. The summed E-state index contributed by atoms with van der Waals surface area (Å²) in [4.78, 5) is 31.8. The number of fused-ring (bicyclic) bond motifs is 1. The van der Waals surface area contributed by atoms with Crippen LogP contribution in [0.4, 0.5) is 5.69 Å². The lowest BCUT2D eigenvalue weighted by Gasteiger charge is -2.26. The van der Waals surface area contributed by atoms with Gasteiger partial charge in [-0.25, -0.2) is 4.98 Å². The molecule has 0 bridgehead atoms. The van der Waals surface area contributed by atoms with E-state index >= 15 is 0 Å². The van der Waals surface area contributed by atoms with E-state index in [9.17, 15) is 9.59 Å². The van der Waals surface area contributed by atoms with Crippen molar-refractivity contribution in [1.82, 2.24) is 15.2 Å². The van der Waals surface area contributed by atoms with E-state index < -0.39 is 0 Å². The van der Waals surface area contributed by atoms with Crippen molar-refractivity contribution in [2.45, 2.75) is 39.5 Å². The van der Waals surface area contributed by atoms with Gasteiger partial charge in [0.05, 0.1) is 16.8 Å². The maximum atomic E-state index is 13.2. The van der Waals surface area contributed by atoms with Crippen LogP contribution in [0, 0.1) is 6.92 Å². The number of aromatic nitrogens is 1. The molecule has 1 fully saturated rings. The number of aryl methyl sites for hydroxylation is 1. The number of pyridine rings is 1. The van der Waals surface area contributed by atoms with E-state index in [4.69, 9.17) is 4.98 Å². The highest BCUT2D eigenvalue weighted by Crippen LogP contribution is 2.27. The number of benzene rings is 2. The number of amides is 2. The van der Waals surface area contributed by atoms with Crippen molar-refractivity contribution in [2.75, 3.05) is 31.5 Å². The van der Waals surface area contributed by atoms with Gasteiger partial charge in [-0.15, -0.1) is 0 Å². The molecule has 6 heteroatoms. The molecule has 172 valence electrons. The van der Waals surface area contributed by atoms with Crippen LogP contribution in [0.3, 0.4) is 0 Å². The molecule has 6 nitrogen and oxygen atoms in total. The summed E-state index contributed by atoms with van der Waals surface area (Å²) in [6.45, 7) is 7.54. The summed E-state index contributed by atoms with van der Waals surface area (Å²) >= 11 is 0. The summed E-state index contributed by atoms with van der Waals surface area (Å²) < 4.78 is 0. The molecule has 3 aromatic rings. The van der Waals surface area contributed by atoms with E-state index in [1.165, 1.54) is 39.3 Å².